The smallest absolute Gasteiger partial charge is 0.253 e. The summed E-state index contributed by atoms with van der Waals surface area (Å²) in [4.78, 5) is 17.1. The zero-order valence-corrected chi connectivity index (χ0v) is 15.3. The highest BCUT2D eigenvalue weighted by Crippen LogP contribution is 2.12. The number of benzene rings is 2. The predicted octanol–water partition coefficient (Wildman–Crippen LogP) is 2.92. The van der Waals surface area contributed by atoms with E-state index in [1.807, 2.05) is 35.2 Å². The molecule has 1 aliphatic heterocycles. The van der Waals surface area contributed by atoms with Gasteiger partial charge in [-0.3, -0.25) is 9.69 Å². The highest BCUT2D eigenvalue weighted by Gasteiger charge is 2.20. The molecule has 1 aliphatic rings. The Morgan fingerprint density at radius 2 is 1.60 bits per heavy atom. The van der Waals surface area contributed by atoms with Crippen LogP contribution in [-0.4, -0.2) is 41.9 Å². The fraction of sp³-hybridized carbons (Fsp3) is 0.350. The molecule has 0 unspecified atom stereocenters. The molecule has 25 heavy (non-hydrogen) atoms. The van der Waals surface area contributed by atoms with E-state index in [2.05, 4.69) is 29.2 Å². The third kappa shape index (κ3) is 5.30. The summed E-state index contributed by atoms with van der Waals surface area (Å²) in [6.45, 7) is 5.01. The van der Waals surface area contributed by atoms with E-state index in [-0.39, 0.29) is 18.3 Å². The molecule has 1 amide bonds. The molecule has 1 saturated heterocycles. The number of carbonyl (C=O) groups excluding carboxylic acids is 1. The van der Waals surface area contributed by atoms with Crippen LogP contribution in [0.5, 0.6) is 0 Å². The van der Waals surface area contributed by atoms with Gasteiger partial charge in [0, 0.05) is 44.8 Å². The van der Waals surface area contributed by atoms with E-state index in [0.717, 1.165) is 50.3 Å². The number of nitrogens with two attached hydrogens (primary N) is 1. The largest absolute Gasteiger partial charge is 0.337 e. The summed E-state index contributed by atoms with van der Waals surface area (Å²) in [5.41, 5.74) is 8.75. The van der Waals surface area contributed by atoms with Crippen molar-refractivity contribution in [2.24, 2.45) is 5.73 Å². The fourth-order valence-electron chi connectivity index (χ4n) is 3.14. The summed E-state index contributed by atoms with van der Waals surface area (Å²) in [7, 11) is 0. The van der Waals surface area contributed by atoms with Crippen molar-refractivity contribution in [3.05, 3.63) is 71.3 Å². The second-order valence-corrected chi connectivity index (χ2v) is 6.31. The van der Waals surface area contributed by atoms with Crippen LogP contribution in [0, 0.1) is 0 Å². The lowest BCUT2D eigenvalue weighted by Crippen LogP contribution is -2.35. The van der Waals surface area contributed by atoms with E-state index < -0.39 is 0 Å². The molecule has 0 radical (unpaired) electrons. The van der Waals surface area contributed by atoms with Crippen molar-refractivity contribution < 1.29 is 4.79 Å². The van der Waals surface area contributed by atoms with Crippen LogP contribution < -0.4 is 5.73 Å². The molecule has 1 fully saturated rings. The summed E-state index contributed by atoms with van der Waals surface area (Å²) in [5.74, 6) is 0.125. The van der Waals surface area contributed by atoms with Gasteiger partial charge in [-0.05, 0) is 29.7 Å². The standard InChI is InChI=1S/C20H25N3O.ClH/c21-15-17-7-9-19(10-8-17)20(24)23-12-4-11-22(13-14-23)16-18-5-2-1-3-6-18;/h1-3,5-10H,4,11-16,21H2;1H. The summed E-state index contributed by atoms with van der Waals surface area (Å²) >= 11 is 0. The zero-order valence-electron chi connectivity index (χ0n) is 14.4. The Labute approximate surface area is 156 Å². The molecule has 0 bridgehead atoms. The lowest BCUT2D eigenvalue weighted by Gasteiger charge is -2.22. The maximum Gasteiger partial charge on any atom is 0.253 e. The van der Waals surface area contributed by atoms with Crippen LogP contribution in [0.15, 0.2) is 54.6 Å². The number of hydrogen-bond acceptors (Lipinski definition) is 3. The van der Waals surface area contributed by atoms with Crippen LogP contribution >= 0.6 is 12.4 Å². The molecular formula is C20H26ClN3O. The highest BCUT2D eigenvalue weighted by molar-refractivity contribution is 5.94. The molecule has 2 N–H and O–H groups in total. The SMILES string of the molecule is Cl.NCc1ccc(C(=O)N2CCCN(Cc3ccccc3)CC2)cc1. The van der Waals surface area contributed by atoms with Crippen molar-refractivity contribution in [2.45, 2.75) is 19.5 Å². The summed E-state index contributed by atoms with van der Waals surface area (Å²) in [6, 6.07) is 18.2. The van der Waals surface area contributed by atoms with Crippen molar-refractivity contribution in [3.8, 4) is 0 Å². The number of nitrogens with zero attached hydrogens (tertiary/aromatic N) is 2. The van der Waals surface area contributed by atoms with Gasteiger partial charge in [-0.15, -0.1) is 12.4 Å². The first-order valence-electron chi connectivity index (χ1n) is 8.61. The third-order valence-corrected chi connectivity index (χ3v) is 4.56. The van der Waals surface area contributed by atoms with Crippen molar-refractivity contribution >= 4 is 18.3 Å². The minimum absolute atomic E-state index is 0. The van der Waals surface area contributed by atoms with Crippen molar-refractivity contribution in [2.75, 3.05) is 26.2 Å². The van der Waals surface area contributed by atoms with Crippen LogP contribution in [0.2, 0.25) is 0 Å². The van der Waals surface area contributed by atoms with E-state index in [0.29, 0.717) is 6.54 Å². The number of halogens is 1. The van der Waals surface area contributed by atoms with Crippen LogP contribution in [0.3, 0.4) is 0 Å². The monoisotopic (exact) mass is 359 g/mol. The number of hydrogen-bond donors (Lipinski definition) is 1. The van der Waals surface area contributed by atoms with Gasteiger partial charge in [-0.25, -0.2) is 0 Å². The third-order valence-electron chi connectivity index (χ3n) is 4.56. The Morgan fingerprint density at radius 3 is 2.28 bits per heavy atom. The molecule has 0 saturated carbocycles. The minimum atomic E-state index is 0. The minimum Gasteiger partial charge on any atom is -0.337 e. The second kappa shape index (κ2) is 9.56. The average molecular weight is 360 g/mol. The van der Waals surface area contributed by atoms with Crippen LogP contribution in [0.4, 0.5) is 0 Å². The Hall–Kier alpha value is -1.88. The first-order valence-corrected chi connectivity index (χ1v) is 8.61. The average Bonchev–Trinajstić information content (AvgIpc) is 2.88. The van der Waals surface area contributed by atoms with Crippen LogP contribution in [0.1, 0.15) is 27.9 Å². The lowest BCUT2D eigenvalue weighted by atomic mass is 10.1. The molecule has 1 heterocycles. The highest BCUT2D eigenvalue weighted by atomic mass is 35.5. The van der Waals surface area contributed by atoms with Crippen molar-refractivity contribution in [3.63, 3.8) is 0 Å². The molecule has 3 rings (SSSR count). The second-order valence-electron chi connectivity index (χ2n) is 6.31. The molecule has 0 spiro atoms. The maximum atomic E-state index is 12.7. The molecule has 5 heteroatoms. The molecule has 0 aromatic heterocycles. The van der Waals surface area contributed by atoms with E-state index >= 15 is 0 Å². The Balaban J connectivity index is 0.00000225. The van der Waals surface area contributed by atoms with Crippen LogP contribution in [0.25, 0.3) is 0 Å². The Kier molecular flexibility index (Phi) is 7.44. The molecule has 4 nitrogen and oxygen atoms in total. The molecular weight excluding hydrogens is 334 g/mol. The van der Waals surface area contributed by atoms with Gasteiger partial charge in [-0.1, -0.05) is 42.5 Å². The molecule has 2 aromatic carbocycles. The number of carbonyl (C=O) groups is 1. The van der Waals surface area contributed by atoms with Gasteiger partial charge in [0.25, 0.3) is 5.91 Å². The van der Waals surface area contributed by atoms with E-state index in [4.69, 9.17) is 5.73 Å². The normalized spacial score (nSPS) is 15.3. The first-order chi connectivity index (χ1) is 11.8. The summed E-state index contributed by atoms with van der Waals surface area (Å²) in [6.07, 6.45) is 1.01. The molecule has 134 valence electrons. The Bertz CT molecular complexity index is 660. The van der Waals surface area contributed by atoms with Gasteiger partial charge < -0.3 is 10.6 Å². The maximum absolute atomic E-state index is 12.7. The van der Waals surface area contributed by atoms with Crippen molar-refractivity contribution in [1.29, 1.82) is 0 Å². The number of amides is 1. The van der Waals surface area contributed by atoms with Crippen molar-refractivity contribution in [1.82, 2.24) is 9.80 Å². The van der Waals surface area contributed by atoms with E-state index in [1.165, 1.54) is 5.56 Å². The van der Waals surface area contributed by atoms with Crippen LogP contribution in [-0.2, 0) is 13.1 Å². The van der Waals surface area contributed by atoms with Gasteiger partial charge in [0.15, 0.2) is 0 Å². The molecule has 0 aliphatic carbocycles. The van der Waals surface area contributed by atoms with Gasteiger partial charge in [0.1, 0.15) is 0 Å². The van der Waals surface area contributed by atoms with E-state index in [9.17, 15) is 4.79 Å². The molecule has 0 atom stereocenters. The first kappa shape index (κ1) is 19.4. The van der Waals surface area contributed by atoms with Gasteiger partial charge in [0.05, 0.1) is 0 Å². The number of rotatable bonds is 4. The van der Waals surface area contributed by atoms with E-state index in [1.54, 1.807) is 0 Å². The van der Waals surface area contributed by atoms with Gasteiger partial charge in [0.2, 0.25) is 0 Å². The summed E-state index contributed by atoms with van der Waals surface area (Å²) < 4.78 is 0. The lowest BCUT2D eigenvalue weighted by molar-refractivity contribution is 0.0761. The Morgan fingerprint density at radius 1 is 0.880 bits per heavy atom. The fourth-order valence-corrected chi connectivity index (χ4v) is 3.14. The van der Waals surface area contributed by atoms with Gasteiger partial charge in [-0.2, -0.15) is 0 Å². The van der Waals surface area contributed by atoms with Gasteiger partial charge >= 0.3 is 0 Å². The summed E-state index contributed by atoms with van der Waals surface area (Å²) in [5, 5.41) is 0. The quantitative estimate of drug-likeness (QED) is 0.913. The predicted molar refractivity (Wildman–Crippen MR) is 104 cm³/mol. The topological polar surface area (TPSA) is 49.6 Å². The zero-order chi connectivity index (χ0) is 16.8. The molecule has 2 aromatic rings.